The first-order valence-electron chi connectivity index (χ1n) is 10.5. The predicted octanol–water partition coefficient (Wildman–Crippen LogP) is 3.77. The largest absolute Gasteiger partial charge is 0.356 e. The monoisotopic (exact) mass is 435 g/mol. The van der Waals surface area contributed by atoms with Crippen LogP contribution in [0.3, 0.4) is 0 Å². The van der Waals surface area contributed by atoms with E-state index < -0.39 is 0 Å². The highest BCUT2D eigenvalue weighted by atomic mass is 32.2. The molecule has 7 heteroatoms. The average molecular weight is 436 g/mol. The van der Waals surface area contributed by atoms with Crippen molar-refractivity contribution in [2.45, 2.75) is 49.6 Å². The number of Topliss-reactive ketones (excluding diaryl/α,β-unsaturated/α-hetero) is 1. The maximum Gasteiger partial charge on any atom is 0.262 e. The third-order valence-corrected chi connectivity index (χ3v) is 6.43. The molecule has 1 fully saturated rings. The Balaban J connectivity index is 1.51. The molecule has 1 N–H and O–H groups in total. The van der Waals surface area contributed by atoms with Crippen LogP contribution in [0.15, 0.2) is 58.5 Å². The molecular formula is C24H25N3O3S. The second-order valence-corrected chi connectivity index (χ2v) is 9.18. The fourth-order valence-electron chi connectivity index (χ4n) is 3.53. The Kier molecular flexibility index (Phi) is 6.23. The van der Waals surface area contributed by atoms with Gasteiger partial charge in [-0.3, -0.25) is 19.0 Å². The Morgan fingerprint density at radius 2 is 1.87 bits per heavy atom. The van der Waals surface area contributed by atoms with E-state index in [0.29, 0.717) is 34.6 Å². The van der Waals surface area contributed by atoms with Crippen LogP contribution in [-0.4, -0.2) is 33.0 Å². The van der Waals surface area contributed by atoms with Crippen molar-refractivity contribution >= 4 is 34.4 Å². The molecule has 6 nitrogen and oxygen atoms in total. The lowest BCUT2D eigenvalue weighted by Gasteiger charge is -2.15. The smallest absolute Gasteiger partial charge is 0.262 e. The number of rotatable bonds is 8. The van der Waals surface area contributed by atoms with Crippen molar-refractivity contribution in [3.8, 4) is 0 Å². The number of thioether (sulfide) groups is 1. The van der Waals surface area contributed by atoms with Crippen molar-refractivity contribution < 1.29 is 9.59 Å². The van der Waals surface area contributed by atoms with E-state index in [9.17, 15) is 14.4 Å². The number of nitrogens with zero attached hydrogens (tertiary/aromatic N) is 2. The summed E-state index contributed by atoms with van der Waals surface area (Å²) in [6, 6.07) is 15.0. The lowest BCUT2D eigenvalue weighted by atomic mass is 10.0. The topological polar surface area (TPSA) is 81.1 Å². The Morgan fingerprint density at radius 3 is 2.55 bits per heavy atom. The third-order valence-electron chi connectivity index (χ3n) is 5.36. The van der Waals surface area contributed by atoms with Crippen molar-refractivity contribution in [1.82, 2.24) is 14.9 Å². The standard InChI is InChI=1S/C24H25N3O3S/c1-15(22(29)18-9-7-17(8-10-18)13-14-25-16(2)28)31-24-26-21-6-4-3-5-20(21)23(30)27(24)19-11-12-19/h3-10,15,19H,11-14H2,1-2H3,(H,25,28). The second kappa shape index (κ2) is 9.06. The molecule has 1 aliphatic rings. The van der Waals surface area contributed by atoms with Gasteiger partial charge in [-0.2, -0.15) is 0 Å². The summed E-state index contributed by atoms with van der Waals surface area (Å²) < 4.78 is 1.77. The zero-order valence-electron chi connectivity index (χ0n) is 17.6. The number of hydrogen-bond donors (Lipinski definition) is 1. The molecule has 3 aromatic rings. The predicted molar refractivity (Wildman–Crippen MR) is 123 cm³/mol. The van der Waals surface area contributed by atoms with Crippen LogP contribution in [-0.2, 0) is 11.2 Å². The first kappa shape index (κ1) is 21.3. The number of carbonyl (C=O) groups is 2. The zero-order valence-corrected chi connectivity index (χ0v) is 18.4. The summed E-state index contributed by atoms with van der Waals surface area (Å²) >= 11 is 1.35. The van der Waals surface area contributed by atoms with Crippen LogP contribution in [0, 0.1) is 0 Å². The number of hydrogen-bond acceptors (Lipinski definition) is 5. The van der Waals surface area contributed by atoms with Crippen molar-refractivity contribution in [3.05, 3.63) is 70.0 Å². The highest BCUT2D eigenvalue weighted by Gasteiger charge is 2.30. The fourth-order valence-corrected chi connectivity index (χ4v) is 4.58. The number of fused-ring (bicyclic) bond motifs is 1. The Hall–Kier alpha value is -2.93. The summed E-state index contributed by atoms with van der Waals surface area (Å²) in [7, 11) is 0. The summed E-state index contributed by atoms with van der Waals surface area (Å²) in [6.45, 7) is 3.92. The molecule has 0 bridgehead atoms. The van der Waals surface area contributed by atoms with Crippen LogP contribution in [0.4, 0.5) is 0 Å². The van der Waals surface area contributed by atoms with E-state index >= 15 is 0 Å². The maximum absolute atomic E-state index is 13.0. The molecule has 1 aromatic heterocycles. The summed E-state index contributed by atoms with van der Waals surface area (Å²) in [6.07, 6.45) is 2.65. The van der Waals surface area contributed by atoms with Gasteiger partial charge in [0.1, 0.15) is 0 Å². The highest BCUT2D eigenvalue weighted by Crippen LogP contribution is 2.38. The van der Waals surface area contributed by atoms with Crippen molar-refractivity contribution in [3.63, 3.8) is 0 Å². The van der Waals surface area contributed by atoms with Gasteiger partial charge in [-0.05, 0) is 43.9 Å². The molecule has 1 unspecified atom stereocenters. The number of nitrogens with one attached hydrogen (secondary N) is 1. The SMILES string of the molecule is CC(=O)NCCc1ccc(C(=O)C(C)Sc2nc3ccccc3c(=O)n2C2CC2)cc1. The number of benzene rings is 2. The van der Waals surface area contributed by atoms with Crippen molar-refractivity contribution in [1.29, 1.82) is 0 Å². The first-order valence-corrected chi connectivity index (χ1v) is 11.4. The number of amides is 1. The van der Waals surface area contributed by atoms with Gasteiger partial charge >= 0.3 is 0 Å². The molecule has 160 valence electrons. The molecule has 2 aromatic carbocycles. The maximum atomic E-state index is 13.0. The van der Waals surface area contributed by atoms with Gasteiger partial charge in [-0.1, -0.05) is 48.2 Å². The van der Waals surface area contributed by atoms with Gasteiger partial charge in [0.05, 0.1) is 16.2 Å². The zero-order chi connectivity index (χ0) is 22.0. The van der Waals surface area contributed by atoms with E-state index in [1.165, 1.54) is 18.7 Å². The third kappa shape index (κ3) is 4.88. The van der Waals surface area contributed by atoms with Crippen molar-refractivity contribution in [2.75, 3.05) is 6.54 Å². The van der Waals surface area contributed by atoms with Gasteiger partial charge in [0.2, 0.25) is 5.91 Å². The normalized spacial score (nSPS) is 14.4. The van der Waals surface area contributed by atoms with Gasteiger partial charge in [0.15, 0.2) is 10.9 Å². The fraction of sp³-hybridized carbons (Fsp3) is 0.333. The number of aromatic nitrogens is 2. The molecule has 1 heterocycles. The van der Waals surface area contributed by atoms with E-state index in [0.717, 1.165) is 18.4 Å². The minimum Gasteiger partial charge on any atom is -0.356 e. The number of ketones is 1. The van der Waals surface area contributed by atoms with Gasteiger partial charge in [0, 0.05) is 25.1 Å². The Morgan fingerprint density at radius 1 is 1.16 bits per heavy atom. The van der Waals surface area contributed by atoms with Crippen LogP contribution < -0.4 is 10.9 Å². The number of para-hydroxylation sites is 1. The molecule has 0 saturated heterocycles. The second-order valence-electron chi connectivity index (χ2n) is 7.87. The summed E-state index contributed by atoms with van der Waals surface area (Å²) in [5.41, 5.74) is 2.32. The van der Waals surface area contributed by atoms with E-state index in [1.807, 2.05) is 49.4 Å². The van der Waals surface area contributed by atoms with Gasteiger partial charge in [-0.15, -0.1) is 0 Å². The molecule has 1 saturated carbocycles. The average Bonchev–Trinajstić information content (AvgIpc) is 3.59. The van der Waals surface area contributed by atoms with Crippen LogP contribution >= 0.6 is 11.8 Å². The molecule has 31 heavy (non-hydrogen) atoms. The quantitative estimate of drug-likeness (QED) is 0.331. The van der Waals surface area contributed by atoms with Gasteiger partial charge in [-0.25, -0.2) is 4.98 Å². The Labute approximate surface area is 185 Å². The molecule has 0 radical (unpaired) electrons. The van der Waals surface area contributed by atoms with E-state index in [2.05, 4.69) is 5.32 Å². The Bertz CT molecular complexity index is 1180. The summed E-state index contributed by atoms with van der Waals surface area (Å²) in [4.78, 5) is 41.7. The lowest BCUT2D eigenvalue weighted by molar-refractivity contribution is -0.118. The molecular weight excluding hydrogens is 410 g/mol. The minimum atomic E-state index is -0.372. The van der Waals surface area contributed by atoms with Crippen LogP contribution in [0.5, 0.6) is 0 Å². The van der Waals surface area contributed by atoms with Gasteiger partial charge in [0.25, 0.3) is 5.56 Å². The molecule has 1 atom stereocenters. The molecule has 4 rings (SSSR count). The van der Waals surface area contributed by atoms with Gasteiger partial charge < -0.3 is 5.32 Å². The first-order chi connectivity index (χ1) is 14.9. The van der Waals surface area contributed by atoms with Crippen LogP contribution in [0.25, 0.3) is 10.9 Å². The lowest BCUT2D eigenvalue weighted by Crippen LogP contribution is -2.24. The number of carbonyl (C=O) groups excluding carboxylic acids is 2. The summed E-state index contributed by atoms with van der Waals surface area (Å²) in [5.74, 6) is -0.0483. The van der Waals surface area contributed by atoms with E-state index in [-0.39, 0.29) is 28.5 Å². The van der Waals surface area contributed by atoms with Crippen LogP contribution in [0.1, 0.15) is 48.7 Å². The molecule has 0 spiro atoms. The van der Waals surface area contributed by atoms with E-state index in [4.69, 9.17) is 4.98 Å². The minimum absolute atomic E-state index is 0.00293. The molecule has 1 amide bonds. The summed E-state index contributed by atoms with van der Waals surface area (Å²) in [5, 5.41) is 3.63. The van der Waals surface area contributed by atoms with Crippen molar-refractivity contribution in [2.24, 2.45) is 0 Å². The molecule has 0 aliphatic heterocycles. The van der Waals surface area contributed by atoms with E-state index in [1.54, 1.807) is 10.6 Å². The van der Waals surface area contributed by atoms with Crippen LogP contribution in [0.2, 0.25) is 0 Å². The highest BCUT2D eigenvalue weighted by molar-refractivity contribution is 8.00. The molecule has 1 aliphatic carbocycles.